The molecule has 16 heavy (non-hydrogen) atoms. The van der Waals surface area contributed by atoms with Crippen LogP contribution in [0, 0.1) is 17.8 Å². The molecule has 2 nitrogen and oxygen atoms in total. The molecule has 3 unspecified atom stereocenters. The molecule has 0 aliphatic heterocycles. The van der Waals surface area contributed by atoms with Gasteiger partial charge in [0.05, 0.1) is 5.92 Å². The summed E-state index contributed by atoms with van der Waals surface area (Å²) >= 11 is 0. The second kappa shape index (κ2) is 6.93. The van der Waals surface area contributed by atoms with Crippen molar-refractivity contribution in [3.63, 3.8) is 0 Å². The summed E-state index contributed by atoms with van der Waals surface area (Å²) in [7, 11) is 0. The summed E-state index contributed by atoms with van der Waals surface area (Å²) in [4.78, 5) is 11.1. The zero-order chi connectivity index (χ0) is 12.0. The fourth-order valence-corrected chi connectivity index (χ4v) is 3.08. The molecule has 0 aromatic rings. The lowest BCUT2D eigenvalue weighted by molar-refractivity contribution is -0.143. The van der Waals surface area contributed by atoms with Gasteiger partial charge in [0.2, 0.25) is 0 Å². The first-order valence-electron chi connectivity index (χ1n) is 6.89. The number of carboxylic acids is 1. The monoisotopic (exact) mass is 226 g/mol. The number of aliphatic carboxylic acids is 1. The van der Waals surface area contributed by atoms with Gasteiger partial charge in [-0.15, -0.1) is 0 Å². The second-order valence-electron chi connectivity index (χ2n) is 5.37. The van der Waals surface area contributed by atoms with Gasteiger partial charge in [-0.05, 0) is 24.7 Å². The van der Waals surface area contributed by atoms with Crippen LogP contribution in [0.3, 0.4) is 0 Å². The largest absolute Gasteiger partial charge is 0.481 e. The minimum atomic E-state index is -0.567. The minimum Gasteiger partial charge on any atom is -0.481 e. The van der Waals surface area contributed by atoms with E-state index in [2.05, 4.69) is 13.8 Å². The zero-order valence-corrected chi connectivity index (χ0v) is 10.7. The van der Waals surface area contributed by atoms with Crippen LogP contribution in [-0.4, -0.2) is 11.1 Å². The Morgan fingerprint density at radius 3 is 2.69 bits per heavy atom. The summed E-state index contributed by atoms with van der Waals surface area (Å²) in [6.07, 6.45) is 9.54. The van der Waals surface area contributed by atoms with Crippen molar-refractivity contribution in [2.45, 2.75) is 65.2 Å². The van der Waals surface area contributed by atoms with Crippen LogP contribution in [-0.2, 0) is 4.79 Å². The van der Waals surface area contributed by atoms with Crippen LogP contribution in [0.15, 0.2) is 0 Å². The van der Waals surface area contributed by atoms with Crippen molar-refractivity contribution < 1.29 is 9.90 Å². The van der Waals surface area contributed by atoms with Gasteiger partial charge in [0.1, 0.15) is 0 Å². The maximum atomic E-state index is 11.1. The van der Waals surface area contributed by atoms with Gasteiger partial charge in [-0.3, -0.25) is 4.79 Å². The Bertz CT molecular complexity index is 213. The fraction of sp³-hybridized carbons (Fsp3) is 0.929. The normalized spacial score (nSPS) is 26.9. The molecular formula is C14H26O2. The lowest BCUT2D eigenvalue weighted by atomic mass is 9.82. The molecule has 0 aromatic carbocycles. The van der Waals surface area contributed by atoms with E-state index in [-0.39, 0.29) is 5.92 Å². The molecule has 0 spiro atoms. The van der Waals surface area contributed by atoms with Gasteiger partial charge >= 0.3 is 5.97 Å². The van der Waals surface area contributed by atoms with Crippen LogP contribution < -0.4 is 0 Å². The van der Waals surface area contributed by atoms with Crippen LogP contribution in [0.2, 0.25) is 0 Å². The van der Waals surface area contributed by atoms with Gasteiger partial charge in [0.25, 0.3) is 0 Å². The Labute approximate surface area is 99.4 Å². The number of hydrogen-bond acceptors (Lipinski definition) is 1. The highest BCUT2D eigenvalue weighted by atomic mass is 16.4. The Hall–Kier alpha value is -0.530. The molecule has 1 aliphatic carbocycles. The first-order chi connectivity index (χ1) is 7.66. The molecule has 3 atom stereocenters. The Balaban J connectivity index is 2.29. The molecule has 1 rings (SSSR count). The van der Waals surface area contributed by atoms with Crippen molar-refractivity contribution in [3.05, 3.63) is 0 Å². The van der Waals surface area contributed by atoms with E-state index in [0.29, 0.717) is 11.8 Å². The predicted molar refractivity (Wildman–Crippen MR) is 66.4 cm³/mol. The molecule has 0 saturated heterocycles. The predicted octanol–water partition coefficient (Wildman–Crippen LogP) is 4.09. The number of hydrogen-bond donors (Lipinski definition) is 1. The smallest absolute Gasteiger partial charge is 0.306 e. The van der Waals surface area contributed by atoms with Crippen molar-refractivity contribution >= 4 is 5.97 Å². The lowest BCUT2D eigenvalue weighted by Crippen LogP contribution is -2.23. The van der Waals surface area contributed by atoms with Crippen molar-refractivity contribution in [2.75, 3.05) is 0 Å². The van der Waals surface area contributed by atoms with E-state index < -0.39 is 5.97 Å². The number of unbranched alkanes of at least 4 members (excludes halogenated alkanes) is 3. The van der Waals surface area contributed by atoms with Gasteiger partial charge in [0.15, 0.2) is 0 Å². The summed E-state index contributed by atoms with van der Waals surface area (Å²) in [5.74, 6) is 0.420. The third kappa shape index (κ3) is 3.80. The quantitative estimate of drug-likeness (QED) is 0.664. The molecule has 94 valence electrons. The van der Waals surface area contributed by atoms with Gasteiger partial charge in [-0.1, -0.05) is 52.4 Å². The average molecular weight is 226 g/mol. The van der Waals surface area contributed by atoms with E-state index in [4.69, 9.17) is 5.11 Å². The van der Waals surface area contributed by atoms with Crippen LogP contribution in [0.4, 0.5) is 0 Å². The molecule has 1 N–H and O–H groups in total. The van der Waals surface area contributed by atoms with Crippen LogP contribution in [0.5, 0.6) is 0 Å². The van der Waals surface area contributed by atoms with Gasteiger partial charge in [-0.2, -0.15) is 0 Å². The lowest BCUT2D eigenvalue weighted by Gasteiger charge is -2.23. The molecule has 0 aromatic heterocycles. The Kier molecular flexibility index (Phi) is 5.86. The highest BCUT2D eigenvalue weighted by molar-refractivity contribution is 5.70. The maximum Gasteiger partial charge on any atom is 0.306 e. The average Bonchev–Trinajstić information content (AvgIpc) is 2.73. The molecule has 0 bridgehead atoms. The van der Waals surface area contributed by atoms with E-state index in [1.54, 1.807) is 0 Å². The van der Waals surface area contributed by atoms with Crippen LogP contribution in [0.1, 0.15) is 65.2 Å². The van der Waals surface area contributed by atoms with E-state index in [9.17, 15) is 4.79 Å². The molecule has 0 amide bonds. The first kappa shape index (κ1) is 13.5. The standard InChI is InChI=1S/C14H26O2/c1-3-4-5-6-8-11(2)12-9-7-10-13(12)14(15)16/h11-13H,3-10H2,1-2H3,(H,15,16). The van der Waals surface area contributed by atoms with E-state index >= 15 is 0 Å². The zero-order valence-electron chi connectivity index (χ0n) is 10.7. The molecule has 0 heterocycles. The highest BCUT2D eigenvalue weighted by Crippen LogP contribution is 2.38. The summed E-state index contributed by atoms with van der Waals surface area (Å²) in [6.45, 7) is 4.47. The summed E-state index contributed by atoms with van der Waals surface area (Å²) in [6, 6.07) is 0. The number of rotatable bonds is 7. The molecule has 1 aliphatic rings. The van der Waals surface area contributed by atoms with Crippen molar-refractivity contribution in [1.29, 1.82) is 0 Å². The summed E-state index contributed by atoms with van der Waals surface area (Å²) in [5.41, 5.74) is 0. The first-order valence-corrected chi connectivity index (χ1v) is 6.89. The van der Waals surface area contributed by atoms with Gasteiger partial charge < -0.3 is 5.11 Å². The van der Waals surface area contributed by atoms with Gasteiger partial charge in [-0.25, -0.2) is 0 Å². The van der Waals surface area contributed by atoms with Crippen LogP contribution in [0.25, 0.3) is 0 Å². The maximum absolute atomic E-state index is 11.1. The molecule has 1 fully saturated rings. The van der Waals surface area contributed by atoms with E-state index in [1.165, 1.54) is 32.1 Å². The number of carboxylic acid groups (broad SMARTS) is 1. The SMILES string of the molecule is CCCCCCC(C)C1CCCC1C(=O)O. The fourth-order valence-electron chi connectivity index (χ4n) is 3.08. The molecule has 0 radical (unpaired) electrons. The minimum absolute atomic E-state index is 0.0545. The Morgan fingerprint density at radius 1 is 1.31 bits per heavy atom. The van der Waals surface area contributed by atoms with Crippen molar-refractivity contribution in [2.24, 2.45) is 17.8 Å². The molecule has 1 saturated carbocycles. The van der Waals surface area contributed by atoms with Crippen molar-refractivity contribution in [3.8, 4) is 0 Å². The van der Waals surface area contributed by atoms with E-state index in [1.807, 2.05) is 0 Å². The Morgan fingerprint density at radius 2 is 2.06 bits per heavy atom. The third-order valence-corrected chi connectivity index (χ3v) is 4.13. The number of carbonyl (C=O) groups is 1. The highest BCUT2D eigenvalue weighted by Gasteiger charge is 2.35. The van der Waals surface area contributed by atoms with E-state index in [0.717, 1.165) is 19.3 Å². The summed E-state index contributed by atoms with van der Waals surface area (Å²) < 4.78 is 0. The second-order valence-corrected chi connectivity index (χ2v) is 5.37. The topological polar surface area (TPSA) is 37.3 Å². The van der Waals surface area contributed by atoms with Gasteiger partial charge in [0, 0.05) is 0 Å². The third-order valence-electron chi connectivity index (χ3n) is 4.13. The van der Waals surface area contributed by atoms with Crippen molar-refractivity contribution in [1.82, 2.24) is 0 Å². The molecular weight excluding hydrogens is 200 g/mol. The van der Waals surface area contributed by atoms with Crippen LogP contribution >= 0.6 is 0 Å². The molecule has 2 heteroatoms. The summed E-state index contributed by atoms with van der Waals surface area (Å²) in [5, 5.41) is 9.14.